The highest BCUT2D eigenvalue weighted by Crippen LogP contribution is 2.29. The van der Waals surface area contributed by atoms with Gasteiger partial charge in [0.25, 0.3) is 5.56 Å². The minimum absolute atomic E-state index is 0.0348. The van der Waals surface area contributed by atoms with Crippen LogP contribution in [-0.2, 0) is 4.79 Å². The van der Waals surface area contributed by atoms with Gasteiger partial charge in [0.1, 0.15) is 11.6 Å². The number of amides is 1. The maximum atomic E-state index is 13.8. The Bertz CT molecular complexity index is 1520. The van der Waals surface area contributed by atoms with Crippen molar-refractivity contribution in [1.82, 2.24) is 19.4 Å². The normalized spacial score (nSPS) is 17.5. The van der Waals surface area contributed by atoms with Crippen LogP contribution in [0.2, 0.25) is 0 Å². The van der Waals surface area contributed by atoms with Crippen LogP contribution in [0.1, 0.15) is 57.5 Å². The summed E-state index contributed by atoms with van der Waals surface area (Å²) in [6.07, 6.45) is 0.765. The Morgan fingerprint density at radius 2 is 1.68 bits per heavy atom. The van der Waals surface area contributed by atoms with E-state index in [9.17, 15) is 9.59 Å². The maximum absolute atomic E-state index is 13.8. The smallest absolute Gasteiger partial charge is 0.266 e. The zero-order valence-corrected chi connectivity index (χ0v) is 23.8. The summed E-state index contributed by atoms with van der Waals surface area (Å²) in [6, 6.07) is 25.0. The molecule has 1 aromatic heterocycles. The number of aromatic nitrogens is 2. The molecule has 208 valence electrons. The van der Waals surface area contributed by atoms with E-state index < -0.39 is 0 Å². The lowest BCUT2D eigenvalue weighted by atomic mass is 9.94. The summed E-state index contributed by atoms with van der Waals surface area (Å²) in [7, 11) is 0. The van der Waals surface area contributed by atoms with Gasteiger partial charge < -0.3 is 9.64 Å². The Balaban J connectivity index is 1.44. The molecule has 0 bridgehead atoms. The van der Waals surface area contributed by atoms with E-state index in [0.29, 0.717) is 43.0 Å². The van der Waals surface area contributed by atoms with Crippen molar-refractivity contribution >= 4 is 16.8 Å². The molecule has 0 N–H and O–H groups in total. The Morgan fingerprint density at radius 3 is 2.35 bits per heavy atom. The number of hydrogen-bond donors (Lipinski definition) is 0. The van der Waals surface area contributed by atoms with Crippen molar-refractivity contribution in [3.8, 4) is 11.4 Å². The van der Waals surface area contributed by atoms with E-state index in [1.54, 1.807) is 4.57 Å². The topological polar surface area (TPSA) is 67.7 Å². The summed E-state index contributed by atoms with van der Waals surface area (Å²) in [5, 5.41) is 0.586. The van der Waals surface area contributed by atoms with Crippen molar-refractivity contribution in [2.45, 2.75) is 52.1 Å². The van der Waals surface area contributed by atoms with Crippen LogP contribution in [0.4, 0.5) is 0 Å². The zero-order chi connectivity index (χ0) is 28.2. The Morgan fingerprint density at radius 1 is 0.975 bits per heavy atom. The van der Waals surface area contributed by atoms with Gasteiger partial charge >= 0.3 is 0 Å². The van der Waals surface area contributed by atoms with E-state index in [0.717, 1.165) is 23.4 Å². The number of benzene rings is 3. The molecule has 0 saturated carbocycles. The first-order chi connectivity index (χ1) is 19.4. The fourth-order valence-electron chi connectivity index (χ4n) is 5.80. The zero-order valence-electron chi connectivity index (χ0n) is 23.8. The maximum Gasteiger partial charge on any atom is 0.266 e. The van der Waals surface area contributed by atoms with Crippen LogP contribution in [0.15, 0.2) is 83.7 Å². The summed E-state index contributed by atoms with van der Waals surface area (Å²) in [4.78, 5) is 36.8. The average Bonchev–Trinajstić information content (AvgIpc) is 2.98. The van der Waals surface area contributed by atoms with Gasteiger partial charge in [-0.15, -0.1) is 0 Å². The molecule has 40 heavy (non-hydrogen) atoms. The number of fused-ring (bicyclic) bond motifs is 1. The molecule has 5 rings (SSSR count). The van der Waals surface area contributed by atoms with Crippen LogP contribution in [0.25, 0.3) is 16.6 Å². The molecule has 1 amide bonds. The lowest BCUT2D eigenvalue weighted by Gasteiger charge is -2.43. The fraction of sp³-hybridized carbons (Fsp3) is 0.364. The molecule has 3 atom stereocenters. The first kappa shape index (κ1) is 27.6. The van der Waals surface area contributed by atoms with Crippen molar-refractivity contribution in [2.24, 2.45) is 0 Å². The van der Waals surface area contributed by atoms with Gasteiger partial charge in [0.15, 0.2) is 0 Å². The Kier molecular flexibility index (Phi) is 8.31. The number of nitrogens with zero attached hydrogens (tertiary/aromatic N) is 4. The second kappa shape index (κ2) is 12.0. The lowest BCUT2D eigenvalue weighted by molar-refractivity contribution is -0.138. The standard InChI is InChI=1S/C33H38N4O3/c1-5-28(25-12-8-7-9-13-25)32(38)36-21-20-35(22-23(36)3)24(4)31-34-30-15-11-10-14-29(30)33(39)37(31)26-16-18-27(19-17-26)40-6-2/h7-19,23-24,28H,5-6,20-22H2,1-4H3. The van der Waals surface area contributed by atoms with E-state index in [4.69, 9.17) is 9.72 Å². The third-order valence-electron chi connectivity index (χ3n) is 7.98. The van der Waals surface area contributed by atoms with E-state index >= 15 is 0 Å². The second-order valence-corrected chi connectivity index (χ2v) is 10.5. The molecule has 7 nitrogen and oxygen atoms in total. The molecule has 0 aliphatic carbocycles. The predicted octanol–water partition coefficient (Wildman–Crippen LogP) is 5.57. The summed E-state index contributed by atoms with van der Waals surface area (Å²) < 4.78 is 7.35. The number of carbonyl (C=O) groups is 1. The second-order valence-electron chi connectivity index (χ2n) is 10.5. The van der Waals surface area contributed by atoms with E-state index in [2.05, 4.69) is 25.7 Å². The van der Waals surface area contributed by atoms with Gasteiger partial charge in [-0.1, -0.05) is 49.4 Å². The Labute approximate surface area is 236 Å². The summed E-state index contributed by atoms with van der Waals surface area (Å²) in [5.74, 6) is 1.50. The lowest BCUT2D eigenvalue weighted by Crippen LogP contribution is -2.55. The van der Waals surface area contributed by atoms with Crippen molar-refractivity contribution in [3.63, 3.8) is 0 Å². The number of rotatable bonds is 8. The largest absolute Gasteiger partial charge is 0.494 e. The van der Waals surface area contributed by atoms with Gasteiger partial charge in [-0.05, 0) is 69.2 Å². The van der Waals surface area contributed by atoms with E-state index in [1.165, 1.54) is 0 Å². The molecule has 1 aliphatic rings. The van der Waals surface area contributed by atoms with Gasteiger partial charge in [-0.25, -0.2) is 4.98 Å². The van der Waals surface area contributed by atoms with Crippen molar-refractivity contribution in [1.29, 1.82) is 0 Å². The minimum atomic E-state index is -0.139. The van der Waals surface area contributed by atoms with Gasteiger partial charge in [-0.3, -0.25) is 19.1 Å². The highest BCUT2D eigenvalue weighted by Gasteiger charge is 2.34. The summed E-state index contributed by atoms with van der Waals surface area (Å²) >= 11 is 0. The minimum Gasteiger partial charge on any atom is -0.494 e. The van der Waals surface area contributed by atoms with Gasteiger partial charge in [-0.2, -0.15) is 0 Å². The highest BCUT2D eigenvalue weighted by molar-refractivity contribution is 5.84. The molecule has 4 aromatic rings. The molecule has 3 aromatic carbocycles. The Hall–Kier alpha value is -3.97. The van der Waals surface area contributed by atoms with Crippen molar-refractivity contribution in [2.75, 3.05) is 26.2 Å². The van der Waals surface area contributed by atoms with Crippen LogP contribution in [0.5, 0.6) is 5.75 Å². The van der Waals surface area contributed by atoms with Crippen LogP contribution in [0.3, 0.4) is 0 Å². The molecule has 1 aliphatic heterocycles. The fourth-order valence-corrected chi connectivity index (χ4v) is 5.80. The van der Waals surface area contributed by atoms with Crippen molar-refractivity contribution < 1.29 is 9.53 Å². The van der Waals surface area contributed by atoms with Gasteiger partial charge in [0, 0.05) is 25.7 Å². The first-order valence-electron chi connectivity index (χ1n) is 14.3. The predicted molar refractivity (Wildman–Crippen MR) is 159 cm³/mol. The van der Waals surface area contributed by atoms with Gasteiger partial charge in [0.05, 0.1) is 35.2 Å². The molecule has 0 spiro atoms. The molecule has 0 radical (unpaired) electrons. The van der Waals surface area contributed by atoms with Gasteiger partial charge in [0.2, 0.25) is 5.91 Å². The monoisotopic (exact) mass is 538 g/mol. The number of para-hydroxylation sites is 1. The van der Waals surface area contributed by atoms with E-state index in [-0.39, 0.29) is 29.5 Å². The molecule has 1 fully saturated rings. The number of piperazine rings is 1. The van der Waals surface area contributed by atoms with E-state index in [1.807, 2.05) is 90.7 Å². The van der Waals surface area contributed by atoms with Crippen LogP contribution < -0.4 is 10.3 Å². The molecule has 1 saturated heterocycles. The van der Waals surface area contributed by atoms with Crippen LogP contribution >= 0.6 is 0 Å². The summed E-state index contributed by atoms with van der Waals surface area (Å²) in [6.45, 7) is 10.9. The quantitative estimate of drug-likeness (QED) is 0.293. The SMILES string of the molecule is CCOc1ccc(-n2c(C(C)N3CCN(C(=O)C(CC)c4ccccc4)C(C)C3)nc3ccccc3c2=O)cc1. The molecule has 3 unspecified atom stereocenters. The van der Waals surface area contributed by atoms with Crippen molar-refractivity contribution in [3.05, 3.63) is 101 Å². The van der Waals surface area contributed by atoms with Crippen LogP contribution in [-0.4, -0.2) is 57.5 Å². The third-order valence-corrected chi connectivity index (χ3v) is 7.98. The molecule has 2 heterocycles. The summed E-state index contributed by atoms with van der Waals surface area (Å²) in [5.41, 5.74) is 2.42. The number of hydrogen-bond acceptors (Lipinski definition) is 5. The molecular weight excluding hydrogens is 500 g/mol. The highest BCUT2D eigenvalue weighted by atomic mass is 16.5. The number of ether oxygens (including phenoxy) is 1. The first-order valence-corrected chi connectivity index (χ1v) is 14.3. The number of carbonyl (C=O) groups excluding carboxylic acids is 1. The molecular formula is C33H38N4O3. The third kappa shape index (κ3) is 5.39. The van der Waals surface area contributed by atoms with Crippen LogP contribution in [0, 0.1) is 0 Å². The molecule has 7 heteroatoms. The average molecular weight is 539 g/mol.